The highest BCUT2D eigenvalue weighted by Gasteiger charge is 2.12. The first-order chi connectivity index (χ1) is 13.3. The van der Waals surface area contributed by atoms with E-state index < -0.39 is 0 Å². The van der Waals surface area contributed by atoms with Crippen molar-refractivity contribution in [2.75, 3.05) is 5.75 Å². The van der Waals surface area contributed by atoms with Gasteiger partial charge in [0.15, 0.2) is 0 Å². The first-order valence-electron chi connectivity index (χ1n) is 9.32. The second kappa shape index (κ2) is 8.45. The Morgan fingerprint density at radius 1 is 0.852 bits per heavy atom. The Balaban J connectivity index is 1.26. The van der Waals surface area contributed by atoms with Crippen LogP contribution in [0.2, 0.25) is 0 Å². The predicted octanol–water partition coefficient (Wildman–Crippen LogP) is 5.68. The number of carbonyl (C=O) groups is 1. The van der Waals surface area contributed by atoms with Crippen LogP contribution in [-0.2, 0) is 29.0 Å². The Hall–Kier alpha value is -2.52. The fraction of sp³-hybridized carbons (Fsp3) is 0.208. The van der Waals surface area contributed by atoms with E-state index in [-0.39, 0.29) is 5.97 Å². The number of hydrogen-bond donors (Lipinski definition) is 0. The van der Waals surface area contributed by atoms with Gasteiger partial charge in [-0.25, -0.2) is 0 Å². The summed E-state index contributed by atoms with van der Waals surface area (Å²) in [7, 11) is 0. The Morgan fingerprint density at radius 2 is 1.59 bits per heavy atom. The highest BCUT2D eigenvalue weighted by atomic mass is 32.2. The van der Waals surface area contributed by atoms with Crippen molar-refractivity contribution in [2.24, 2.45) is 0 Å². The van der Waals surface area contributed by atoms with E-state index in [1.807, 2.05) is 30.3 Å². The predicted molar refractivity (Wildman–Crippen MR) is 111 cm³/mol. The van der Waals surface area contributed by atoms with Crippen LogP contribution in [0.15, 0.2) is 77.7 Å². The van der Waals surface area contributed by atoms with Crippen molar-refractivity contribution >= 4 is 17.7 Å². The summed E-state index contributed by atoms with van der Waals surface area (Å²) in [5.74, 6) is 0.175. The van der Waals surface area contributed by atoms with Gasteiger partial charge >= 0.3 is 5.97 Å². The van der Waals surface area contributed by atoms with E-state index in [0.29, 0.717) is 12.4 Å². The van der Waals surface area contributed by atoms with Crippen molar-refractivity contribution in [1.82, 2.24) is 0 Å². The molecule has 2 nitrogen and oxygen atoms in total. The number of ether oxygens (including phenoxy) is 1. The zero-order valence-electron chi connectivity index (χ0n) is 15.2. The number of esters is 1. The SMILES string of the molecule is O=C(CSc1ccc2c(c1)CCC2)OCc1ccc(-c2ccccc2)cc1. The van der Waals surface area contributed by atoms with Crippen LogP contribution in [0.4, 0.5) is 0 Å². The van der Waals surface area contributed by atoms with E-state index in [1.54, 1.807) is 11.8 Å². The summed E-state index contributed by atoms with van der Waals surface area (Å²) in [5, 5.41) is 0. The lowest BCUT2D eigenvalue weighted by atomic mass is 10.0. The van der Waals surface area contributed by atoms with E-state index in [2.05, 4.69) is 42.5 Å². The summed E-state index contributed by atoms with van der Waals surface area (Å²) in [6.07, 6.45) is 3.59. The fourth-order valence-electron chi connectivity index (χ4n) is 3.41. The van der Waals surface area contributed by atoms with Crippen LogP contribution in [-0.4, -0.2) is 11.7 Å². The summed E-state index contributed by atoms with van der Waals surface area (Å²) in [6.45, 7) is 0.318. The molecule has 0 fully saturated rings. The van der Waals surface area contributed by atoms with Crippen molar-refractivity contribution in [3.63, 3.8) is 0 Å². The van der Waals surface area contributed by atoms with Crippen molar-refractivity contribution in [1.29, 1.82) is 0 Å². The third-order valence-corrected chi connectivity index (χ3v) is 5.85. The number of hydrogen-bond acceptors (Lipinski definition) is 3. The quantitative estimate of drug-likeness (QED) is 0.410. The lowest BCUT2D eigenvalue weighted by Crippen LogP contribution is -2.07. The van der Waals surface area contributed by atoms with Crippen molar-refractivity contribution in [3.05, 3.63) is 89.5 Å². The molecule has 3 heteroatoms. The minimum absolute atomic E-state index is 0.173. The summed E-state index contributed by atoms with van der Waals surface area (Å²) in [4.78, 5) is 13.2. The van der Waals surface area contributed by atoms with Crippen molar-refractivity contribution in [3.8, 4) is 11.1 Å². The molecule has 0 heterocycles. The van der Waals surface area contributed by atoms with Crippen LogP contribution < -0.4 is 0 Å². The Morgan fingerprint density at radius 3 is 2.41 bits per heavy atom. The number of benzene rings is 3. The van der Waals surface area contributed by atoms with Gasteiger partial charge in [-0.15, -0.1) is 11.8 Å². The van der Waals surface area contributed by atoms with Gasteiger partial charge < -0.3 is 4.74 Å². The van der Waals surface area contributed by atoms with Gasteiger partial charge in [0.1, 0.15) is 6.61 Å². The van der Waals surface area contributed by atoms with Crippen LogP contribution >= 0.6 is 11.8 Å². The summed E-state index contributed by atoms with van der Waals surface area (Å²) >= 11 is 1.55. The highest BCUT2D eigenvalue weighted by molar-refractivity contribution is 8.00. The zero-order chi connectivity index (χ0) is 18.5. The first kappa shape index (κ1) is 17.9. The van der Waals surface area contributed by atoms with Gasteiger partial charge in [0.2, 0.25) is 0 Å². The molecule has 0 aliphatic heterocycles. The van der Waals surface area contributed by atoms with E-state index in [9.17, 15) is 4.79 Å². The minimum Gasteiger partial charge on any atom is -0.460 e. The molecule has 1 aliphatic rings. The lowest BCUT2D eigenvalue weighted by Gasteiger charge is -2.07. The molecule has 0 saturated carbocycles. The maximum atomic E-state index is 12.1. The minimum atomic E-state index is -0.173. The van der Waals surface area contributed by atoms with E-state index >= 15 is 0 Å². The fourth-order valence-corrected chi connectivity index (χ4v) is 4.17. The van der Waals surface area contributed by atoms with Gasteiger partial charge in [0, 0.05) is 4.90 Å². The standard InChI is InChI=1S/C24H22O2S/c25-24(17-27-23-14-13-20-7-4-8-22(20)15-23)26-16-18-9-11-21(12-10-18)19-5-2-1-3-6-19/h1-3,5-6,9-15H,4,7-8,16-17H2. The molecule has 136 valence electrons. The smallest absolute Gasteiger partial charge is 0.316 e. The van der Waals surface area contributed by atoms with E-state index in [4.69, 9.17) is 4.74 Å². The topological polar surface area (TPSA) is 26.3 Å². The molecule has 0 amide bonds. The molecule has 0 saturated heterocycles. The van der Waals surface area contributed by atoms with Crippen LogP contribution in [0, 0.1) is 0 Å². The molecule has 0 spiro atoms. The molecule has 4 rings (SSSR count). The number of carbonyl (C=O) groups excluding carboxylic acids is 1. The summed E-state index contributed by atoms with van der Waals surface area (Å²) in [6, 6.07) is 25.0. The third-order valence-electron chi connectivity index (χ3n) is 4.89. The normalized spacial score (nSPS) is 12.6. The molecule has 0 bridgehead atoms. The summed E-state index contributed by atoms with van der Waals surface area (Å²) < 4.78 is 5.43. The number of thioether (sulfide) groups is 1. The highest BCUT2D eigenvalue weighted by Crippen LogP contribution is 2.27. The van der Waals surface area contributed by atoms with E-state index in [0.717, 1.165) is 22.4 Å². The monoisotopic (exact) mass is 374 g/mol. The molecule has 0 radical (unpaired) electrons. The molecule has 0 unspecified atom stereocenters. The van der Waals surface area contributed by atoms with Crippen molar-refractivity contribution in [2.45, 2.75) is 30.8 Å². The van der Waals surface area contributed by atoms with Gasteiger partial charge in [-0.2, -0.15) is 0 Å². The zero-order valence-corrected chi connectivity index (χ0v) is 16.0. The Kier molecular flexibility index (Phi) is 5.59. The molecule has 0 aromatic heterocycles. The molecule has 1 aliphatic carbocycles. The van der Waals surface area contributed by atoms with Gasteiger partial charge in [-0.3, -0.25) is 4.79 Å². The Labute approximate surface area is 164 Å². The van der Waals surface area contributed by atoms with Gasteiger partial charge in [-0.1, -0.05) is 60.7 Å². The average molecular weight is 375 g/mol. The molecular formula is C24H22O2S. The summed E-state index contributed by atoms with van der Waals surface area (Å²) in [5.41, 5.74) is 6.25. The molecule has 0 atom stereocenters. The van der Waals surface area contributed by atoms with Crippen LogP contribution in [0.5, 0.6) is 0 Å². The largest absolute Gasteiger partial charge is 0.460 e. The number of rotatable bonds is 6. The maximum Gasteiger partial charge on any atom is 0.316 e. The molecule has 27 heavy (non-hydrogen) atoms. The van der Waals surface area contributed by atoms with Crippen LogP contribution in [0.1, 0.15) is 23.1 Å². The van der Waals surface area contributed by atoms with Gasteiger partial charge in [0.05, 0.1) is 5.75 Å². The van der Waals surface area contributed by atoms with Crippen LogP contribution in [0.3, 0.4) is 0 Å². The van der Waals surface area contributed by atoms with Gasteiger partial charge in [0.25, 0.3) is 0 Å². The second-order valence-electron chi connectivity index (χ2n) is 6.80. The lowest BCUT2D eigenvalue weighted by molar-refractivity contribution is -0.141. The van der Waals surface area contributed by atoms with Crippen LogP contribution in [0.25, 0.3) is 11.1 Å². The third kappa shape index (κ3) is 4.61. The molecule has 3 aromatic rings. The average Bonchev–Trinajstić information content (AvgIpc) is 3.19. The maximum absolute atomic E-state index is 12.1. The van der Waals surface area contributed by atoms with E-state index in [1.165, 1.54) is 29.5 Å². The Bertz CT molecular complexity index is 917. The van der Waals surface area contributed by atoms with Crippen molar-refractivity contribution < 1.29 is 9.53 Å². The van der Waals surface area contributed by atoms with Gasteiger partial charge in [-0.05, 0) is 59.2 Å². The molecule has 0 N–H and O–H groups in total. The number of aryl methyl sites for hydroxylation is 2. The molecular weight excluding hydrogens is 352 g/mol. The second-order valence-corrected chi connectivity index (χ2v) is 7.85. The number of fused-ring (bicyclic) bond motifs is 1. The molecule has 3 aromatic carbocycles. The first-order valence-corrected chi connectivity index (χ1v) is 10.3.